The summed E-state index contributed by atoms with van der Waals surface area (Å²) in [7, 11) is 0. The number of anilines is 1. The van der Waals surface area contributed by atoms with Crippen LogP contribution in [0.4, 0.5) is 5.69 Å². The Morgan fingerprint density at radius 2 is 2.00 bits per heavy atom. The molecular weight excluding hydrogens is 318 g/mol. The molecule has 0 spiro atoms. The Bertz CT molecular complexity index is 819. The second-order valence-electron chi connectivity index (χ2n) is 7.08. The minimum absolute atomic E-state index is 0.0748. The number of benzene rings is 1. The molecule has 1 saturated heterocycles. The summed E-state index contributed by atoms with van der Waals surface area (Å²) in [5.41, 5.74) is 1.90. The third-order valence-electron chi connectivity index (χ3n) is 5.34. The lowest BCUT2D eigenvalue weighted by Gasteiger charge is -2.37. The molecule has 1 amide bonds. The number of H-pyrrole nitrogens is 2. The molecule has 4 rings (SSSR count). The van der Waals surface area contributed by atoms with Crippen LogP contribution in [0.1, 0.15) is 49.4 Å². The molecule has 2 atom stereocenters. The highest BCUT2D eigenvalue weighted by Gasteiger charge is 2.34. The number of carbonyl (C=O) groups excluding carboxylic acids is 1. The van der Waals surface area contributed by atoms with Crippen LogP contribution in [-0.2, 0) is 4.79 Å². The molecule has 0 bridgehead atoms. The molecule has 1 aromatic heterocycles. The summed E-state index contributed by atoms with van der Waals surface area (Å²) >= 11 is 0. The standard InChI is InChI=1S/C18H23N5O2/c1-11-10-14(13-4-2-3-5-15(13)19-11)17(24)23-8-6-12(7-9-23)16-20-18(25)22-21-16/h2-5,11-12,14,19H,6-10H2,1H3,(H2,20,21,22,25)/t11-,14+/m1/s1. The van der Waals surface area contributed by atoms with Gasteiger partial charge in [0.25, 0.3) is 0 Å². The molecule has 0 aliphatic carbocycles. The summed E-state index contributed by atoms with van der Waals surface area (Å²) in [6.07, 6.45) is 2.48. The number of hydrogen-bond donors (Lipinski definition) is 3. The zero-order chi connectivity index (χ0) is 17.4. The molecule has 2 aliphatic heterocycles. The van der Waals surface area contributed by atoms with E-state index in [1.807, 2.05) is 23.1 Å². The number of nitrogens with zero attached hydrogens (tertiary/aromatic N) is 2. The molecule has 2 aromatic rings. The smallest absolute Gasteiger partial charge is 0.340 e. The summed E-state index contributed by atoms with van der Waals surface area (Å²) in [4.78, 5) is 29.1. The number of carbonyl (C=O) groups is 1. The fourth-order valence-corrected chi connectivity index (χ4v) is 4.04. The molecule has 25 heavy (non-hydrogen) atoms. The SMILES string of the molecule is C[C@@H]1C[C@H](C(=O)N2CCC(c3n[nH]c(=O)[nH]3)CC2)c2ccccc2N1. The van der Waals surface area contributed by atoms with E-state index in [9.17, 15) is 9.59 Å². The summed E-state index contributed by atoms with van der Waals surface area (Å²) in [6, 6.07) is 8.39. The minimum atomic E-state index is -0.270. The molecular formula is C18H23N5O2. The molecule has 0 unspecified atom stereocenters. The van der Waals surface area contributed by atoms with Crippen molar-refractivity contribution in [1.29, 1.82) is 0 Å². The van der Waals surface area contributed by atoms with Crippen molar-refractivity contribution in [3.8, 4) is 0 Å². The van der Waals surface area contributed by atoms with Crippen molar-refractivity contribution in [1.82, 2.24) is 20.1 Å². The van der Waals surface area contributed by atoms with Gasteiger partial charge in [-0.1, -0.05) is 18.2 Å². The van der Waals surface area contributed by atoms with Gasteiger partial charge in [0.05, 0.1) is 5.92 Å². The molecule has 3 N–H and O–H groups in total. The van der Waals surface area contributed by atoms with Crippen molar-refractivity contribution < 1.29 is 4.79 Å². The van der Waals surface area contributed by atoms with Gasteiger partial charge in [-0.05, 0) is 37.8 Å². The van der Waals surface area contributed by atoms with Gasteiger partial charge in [0.2, 0.25) is 5.91 Å². The highest BCUT2D eigenvalue weighted by Crippen LogP contribution is 2.36. The van der Waals surface area contributed by atoms with Crippen molar-refractivity contribution in [3.63, 3.8) is 0 Å². The first kappa shape index (κ1) is 15.9. The molecule has 1 fully saturated rings. The van der Waals surface area contributed by atoms with Gasteiger partial charge in [-0.15, -0.1) is 0 Å². The van der Waals surface area contributed by atoms with Gasteiger partial charge < -0.3 is 10.2 Å². The van der Waals surface area contributed by atoms with Gasteiger partial charge in [-0.3, -0.25) is 9.78 Å². The Labute approximate surface area is 145 Å². The van der Waals surface area contributed by atoms with E-state index in [0.717, 1.165) is 30.5 Å². The molecule has 3 heterocycles. The quantitative estimate of drug-likeness (QED) is 0.776. The van der Waals surface area contributed by atoms with Gasteiger partial charge in [-0.25, -0.2) is 9.89 Å². The largest absolute Gasteiger partial charge is 0.382 e. The zero-order valence-corrected chi connectivity index (χ0v) is 14.3. The van der Waals surface area contributed by atoms with Gasteiger partial charge >= 0.3 is 5.69 Å². The number of piperidine rings is 1. The van der Waals surface area contributed by atoms with Crippen LogP contribution in [0.3, 0.4) is 0 Å². The average molecular weight is 341 g/mol. The Morgan fingerprint density at radius 1 is 1.24 bits per heavy atom. The average Bonchev–Trinajstić information content (AvgIpc) is 3.07. The van der Waals surface area contributed by atoms with Crippen molar-refractivity contribution >= 4 is 11.6 Å². The second-order valence-corrected chi connectivity index (χ2v) is 7.08. The number of likely N-dealkylation sites (tertiary alicyclic amines) is 1. The highest BCUT2D eigenvalue weighted by atomic mass is 16.2. The van der Waals surface area contributed by atoms with Crippen LogP contribution >= 0.6 is 0 Å². The lowest BCUT2D eigenvalue weighted by atomic mass is 9.85. The van der Waals surface area contributed by atoms with Crippen LogP contribution in [0.5, 0.6) is 0 Å². The first-order chi connectivity index (χ1) is 12.1. The molecule has 0 saturated carbocycles. The fourth-order valence-electron chi connectivity index (χ4n) is 4.04. The Hall–Kier alpha value is -2.57. The first-order valence-electron chi connectivity index (χ1n) is 8.90. The molecule has 2 aliphatic rings. The van der Waals surface area contributed by atoms with Crippen LogP contribution in [0.15, 0.2) is 29.1 Å². The lowest BCUT2D eigenvalue weighted by Crippen LogP contribution is -2.43. The van der Waals surface area contributed by atoms with Crippen molar-refractivity contribution in [2.24, 2.45) is 0 Å². The van der Waals surface area contributed by atoms with Gasteiger partial charge in [0.15, 0.2) is 0 Å². The van der Waals surface area contributed by atoms with Crippen LogP contribution in [0.25, 0.3) is 0 Å². The Balaban J connectivity index is 1.47. The van der Waals surface area contributed by atoms with Gasteiger partial charge in [-0.2, -0.15) is 5.10 Å². The molecule has 1 aromatic carbocycles. The number of nitrogens with one attached hydrogen (secondary N) is 3. The normalized spacial score (nSPS) is 23.8. The lowest BCUT2D eigenvalue weighted by molar-refractivity contribution is -0.134. The van der Waals surface area contributed by atoms with E-state index in [1.54, 1.807) is 0 Å². The number of amides is 1. The molecule has 7 heteroatoms. The number of aromatic amines is 2. The van der Waals surface area contributed by atoms with E-state index in [1.165, 1.54) is 0 Å². The number of fused-ring (bicyclic) bond motifs is 1. The summed E-state index contributed by atoms with van der Waals surface area (Å²) < 4.78 is 0. The number of para-hydroxylation sites is 1. The van der Waals surface area contributed by atoms with Crippen LogP contribution in [-0.4, -0.2) is 45.1 Å². The highest BCUT2D eigenvalue weighted by molar-refractivity contribution is 5.86. The van der Waals surface area contributed by atoms with Crippen LogP contribution in [0.2, 0.25) is 0 Å². The van der Waals surface area contributed by atoms with Gasteiger partial charge in [0, 0.05) is 30.7 Å². The number of rotatable bonds is 2. The third-order valence-corrected chi connectivity index (χ3v) is 5.34. The van der Waals surface area contributed by atoms with Crippen LogP contribution < -0.4 is 11.0 Å². The van der Waals surface area contributed by atoms with E-state index in [2.05, 4.69) is 33.5 Å². The summed E-state index contributed by atoms with van der Waals surface area (Å²) in [6.45, 7) is 3.54. The third kappa shape index (κ3) is 3.06. The molecule has 132 valence electrons. The zero-order valence-electron chi connectivity index (χ0n) is 14.3. The van der Waals surface area contributed by atoms with Crippen LogP contribution in [0, 0.1) is 0 Å². The predicted molar refractivity (Wildman–Crippen MR) is 94.6 cm³/mol. The van der Waals surface area contributed by atoms with E-state index in [0.29, 0.717) is 18.9 Å². The van der Waals surface area contributed by atoms with Crippen molar-refractivity contribution in [2.75, 3.05) is 18.4 Å². The Kier molecular flexibility index (Phi) is 4.07. The summed E-state index contributed by atoms with van der Waals surface area (Å²) in [5, 5.41) is 9.92. The van der Waals surface area contributed by atoms with E-state index in [4.69, 9.17) is 0 Å². The predicted octanol–water partition coefficient (Wildman–Crippen LogP) is 1.79. The Morgan fingerprint density at radius 3 is 2.72 bits per heavy atom. The summed E-state index contributed by atoms with van der Waals surface area (Å²) in [5.74, 6) is 1.06. The van der Waals surface area contributed by atoms with E-state index < -0.39 is 0 Å². The maximum atomic E-state index is 13.1. The van der Waals surface area contributed by atoms with E-state index in [-0.39, 0.29) is 29.5 Å². The molecule has 0 radical (unpaired) electrons. The maximum Gasteiger partial charge on any atom is 0.340 e. The maximum absolute atomic E-state index is 13.1. The van der Waals surface area contributed by atoms with Gasteiger partial charge in [0.1, 0.15) is 5.82 Å². The van der Waals surface area contributed by atoms with Crippen molar-refractivity contribution in [2.45, 2.75) is 44.1 Å². The van der Waals surface area contributed by atoms with Crippen molar-refractivity contribution in [3.05, 3.63) is 46.1 Å². The second kappa shape index (κ2) is 6.38. The van der Waals surface area contributed by atoms with E-state index >= 15 is 0 Å². The first-order valence-corrected chi connectivity index (χ1v) is 8.90. The number of aromatic nitrogens is 3. The topological polar surface area (TPSA) is 93.9 Å². The molecule has 7 nitrogen and oxygen atoms in total. The fraction of sp³-hybridized carbons (Fsp3) is 0.500. The number of hydrogen-bond acceptors (Lipinski definition) is 4. The monoisotopic (exact) mass is 341 g/mol. The minimum Gasteiger partial charge on any atom is -0.382 e.